The zero-order chi connectivity index (χ0) is 22.7. The van der Waals surface area contributed by atoms with Crippen molar-refractivity contribution in [3.8, 4) is 11.4 Å². The zero-order valence-corrected chi connectivity index (χ0v) is 18.6. The Morgan fingerprint density at radius 2 is 2.00 bits per heavy atom. The molecule has 9 nitrogen and oxygen atoms in total. The van der Waals surface area contributed by atoms with Crippen LogP contribution in [0.1, 0.15) is 28.3 Å². The van der Waals surface area contributed by atoms with Gasteiger partial charge in [0.2, 0.25) is 5.91 Å². The molecule has 0 bridgehead atoms. The number of fused-ring (bicyclic) bond motifs is 1. The van der Waals surface area contributed by atoms with E-state index in [0.717, 1.165) is 10.6 Å². The highest BCUT2D eigenvalue weighted by atomic mass is 32.1. The molecule has 2 N–H and O–H groups in total. The molecule has 10 heteroatoms. The van der Waals surface area contributed by atoms with Crippen LogP contribution in [0.25, 0.3) is 22.4 Å². The standard InChI is InChI=1S/C22H22N6O3S/c1-13(22-24-8-9-32-22)25-21(30)16-10-15(26-18(29)12-31-3)11-17-19(16)28(2)20(27-17)14-4-6-23-7-5-14/h4-11,13H,12H2,1-3H3,(H,25,30)(H,26,29)/t13-/m0/s1. The molecule has 164 valence electrons. The predicted octanol–water partition coefficient (Wildman–Crippen LogP) is 3.17. The summed E-state index contributed by atoms with van der Waals surface area (Å²) < 4.78 is 6.76. The third-order valence-electron chi connectivity index (χ3n) is 4.88. The van der Waals surface area contributed by atoms with E-state index >= 15 is 0 Å². The van der Waals surface area contributed by atoms with E-state index in [4.69, 9.17) is 9.72 Å². The highest BCUT2D eigenvalue weighted by Gasteiger charge is 2.21. The highest BCUT2D eigenvalue weighted by Crippen LogP contribution is 2.29. The number of rotatable bonds is 7. The molecule has 0 aliphatic carbocycles. The first-order chi connectivity index (χ1) is 15.5. The summed E-state index contributed by atoms with van der Waals surface area (Å²) in [5.74, 6) is 0.0780. The minimum atomic E-state index is -0.320. The molecule has 0 unspecified atom stereocenters. The van der Waals surface area contributed by atoms with Crippen molar-refractivity contribution in [3.05, 3.63) is 58.8 Å². The average Bonchev–Trinajstić information content (AvgIpc) is 3.43. The van der Waals surface area contributed by atoms with Gasteiger partial charge in [-0.05, 0) is 31.2 Å². The van der Waals surface area contributed by atoms with Crippen molar-refractivity contribution in [3.63, 3.8) is 0 Å². The van der Waals surface area contributed by atoms with Gasteiger partial charge in [-0.25, -0.2) is 9.97 Å². The monoisotopic (exact) mass is 450 g/mol. The predicted molar refractivity (Wildman–Crippen MR) is 122 cm³/mol. The van der Waals surface area contributed by atoms with E-state index in [1.54, 1.807) is 30.7 Å². The molecule has 3 aromatic heterocycles. The van der Waals surface area contributed by atoms with E-state index in [2.05, 4.69) is 20.6 Å². The Bertz CT molecular complexity index is 1250. The second-order valence-corrected chi connectivity index (χ2v) is 8.09. The van der Waals surface area contributed by atoms with Crippen LogP contribution in [0.5, 0.6) is 0 Å². The van der Waals surface area contributed by atoms with Crippen molar-refractivity contribution in [1.82, 2.24) is 24.8 Å². The minimum Gasteiger partial charge on any atom is -0.375 e. The van der Waals surface area contributed by atoms with Crippen LogP contribution in [0.15, 0.2) is 48.2 Å². The summed E-state index contributed by atoms with van der Waals surface area (Å²) in [4.78, 5) is 38.4. The Balaban J connectivity index is 1.79. The fourth-order valence-corrected chi connectivity index (χ4v) is 4.11. The lowest BCUT2D eigenvalue weighted by atomic mass is 10.1. The van der Waals surface area contributed by atoms with Crippen molar-refractivity contribution in [2.45, 2.75) is 13.0 Å². The molecule has 0 radical (unpaired) electrons. The Morgan fingerprint density at radius 1 is 1.22 bits per heavy atom. The number of benzene rings is 1. The van der Waals surface area contributed by atoms with Crippen LogP contribution in [0.2, 0.25) is 0 Å². The van der Waals surface area contributed by atoms with Gasteiger partial charge in [-0.2, -0.15) is 0 Å². The summed E-state index contributed by atoms with van der Waals surface area (Å²) in [5, 5.41) is 8.43. The molecule has 0 spiro atoms. The number of nitrogens with zero attached hydrogens (tertiary/aromatic N) is 4. The number of anilines is 1. The van der Waals surface area contributed by atoms with Gasteiger partial charge >= 0.3 is 0 Å². The van der Waals surface area contributed by atoms with Gasteiger partial charge in [0.1, 0.15) is 17.4 Å². The highest BCUT2D eigenvalue weighted by molar-refractivity contribution is 7.09. The van der Waals surface area contributed by atoms with Crippen LogP contribution >= 0.6 is 11.3 Å². The molecule has 0 saturated heterocycles. The van der Waals surface area contributed by atoms with Gasteiger partial charge < -0.3 is 19.9 Å². The van der Waals surface area contributed by atoms with Crippen molar-refractivity contribution in [2.75, 3.05) is 19.0 Å². The number of pyridine rings is 1. The first-order valence-corrected chi connectivity index (χ1v) is 10.8. The first-order valence-electron chi connectivity index (χ1n) is 9.88. The molecule has 0 aliphatic heterocycles. The van der Waals surface area contributed by atoms with Gasteiger partial charge in [0.05, 0.1) is 22.6 Å². The number of thiazole rings is 1. The number of amides is 2. The lowest BCUT2D eigenvalue weighted by Crippen LogP contribution is -2.27. The van der Waals surface area contributed by atoms with Crippen LogP contribution in [-0.4, -0.2) is 45.1 Å². The maximum Gasteiger partial charge on any atom is 0.254 e. The third kappa shape index (κ3) is 4.36. The van der Waals surface area contributed by atoms with Gasteiger partial charge in [0.25, 0.3) is 5.91 Å². The minimum absolute atomic E-state index is 0.0921. The number of aryl methyl sites for hydroxylation is 1. The number of carbonyl (C=O) groups excluding carboxylic acids is 2. The maximum absolute atomic E-state index is 13.3. The van der Waals surface area contributed by atoms with Gasteiger partial charge in [0.15, 0.2) is 0 Å². The summed E-state index contributed by atoms with van der Waals surface area (Å²) >= 11 is 1.47. The average molecular weight is 451 g/mol. The largest absolute Gasteiger partial charge is 0.375 e. The van der Waals surface area contributed by atoms with Crippen LogP contribution in [-0.2, 0) is 16.6 Å². The second kappa shape index (κ2) is 9.25. The molecular weight excluding hydrogens is 428 g/mol. The fraction of sp³-hybridized carbons (Fsp3) is 0.227. The molecular formula is C22H22N6O3S. The number of hydrogen-bond acceptors (Lipinski definition) is 7. The molecule has 4 rings (SSSR count). The van der Waals surface area contributed by atoms with E-state index in [-0.39, 0.29) is 24.5 Å². The van der Waals surface area contributed by atoms with E-state index in [9.17, 15) is 9.59 Å². The Labute approximate surface area is 188 Å². The van der Waals surface area contributed by atoms with Crippen LogP contribution in [0.4, 0.5) is 5.69 Å². The van der Waals surface area contributed by atoms with Crippen LogP contribution in [0, 0.1) is 0 Å². The lowest BCUT2D eigenvalue weighted by Gasteiger charge is -2.14. The summed E-state index contributed by atoms with van der Waals surface area (Å²) in [5.41, 5.74) is 2.97. The normalized spacial score (nSPS) is 12.0. The molecule has 4 aromatic rings. The topological polar surface area (TPSA) is 111 Å². The Morgan fingerprint density at radius 3 is 2.69 bits per heavy atom. The van der Waals surface area contributed by atoms with E-state index < -0.39 is 0 Å². The zero-order valence-electron chi connectivity index (χ0n) is 17.8. The lowest BCUT2D eigenvalue weighted by molar-refractivity contribution is -0.119. The summed E-state index contributed by atoms with van der Waals surface area (Å²) in [6.45, 7) is 1.79. The molecule has 32 heavy (non-hydrogen) atoms. The van der Waals surface area contributed by atoms with Gasteiger partial charge in [0, 0.05) is 49.4 Å². The summed E-state index contributed by atoms with van der Waals surface area (Å²) in [6, 6.07) is 6.84. The van der Waals surface area contributed by atoms with Gasteiger partial charge in [-0.15, -0.1) is 11.3 Å². The number of imidazole rings is 1. The van der Waals surface area contributed by atoms with Crippen molar-refractivity contribution < 1.29 is 14.3 Å². The number of methoxy groups -OCH3 is 1. The van der Waals surface area contributed by atoms with E-state index in [1.165, 1.54) is 18.4 Å². The van der Waals surface area contributed by atoms with E-state index in [1.807, 2.05) is 36.1 Å². The van der Waals surface area contributed by atoms with E-state index in [0.29, 0.717) is 28.1 Å². The Kier molecular flexibility index (Phi) is 6.24. The van der Waals surface area contributed by atoms with Crippen molar-refractivity contribution >= 4 is 39.9 Å². The molecule has 0 aliphatic rings. The molecule has 1 aromatic carbocycles. The summed E-state index contributed by atoms with van der Waals surface area (Å²) in [7, 11) is 3.30. The number of ether oxygens (including phenoxy) is 1. The SMILES string of the molecule is COCC(=O)Nc1cc(C(=O)N[C@@H](C)c2nccs2)c2c(c1)nc(-c1ccncc1)n2C. The number of hydrogen-bond donors (Lipinski definition) is 2. The quantitative estimate of drug-likeness (QED) is 0.447. The molecule has 0 saturated carbocycles. The molecule has 0 fully saturated rings. The summed E-state index contributed by atoms with van der Waals surface area (Å²) in [6.07, 6.45) is 5.08. The molecule has 1 atom stereocenters. The maximum atomic E-state index is 13.3. The fourth-order valence-electron chi connectivity index (χ4n) is 3.47. The molecule has 2 amide bonds. The smallest absolute Gasteiger partial charge is 0.254 e. The number of aromatic nitrogens is 4. The third-order valence-corrected chi connectivity index (χ3v) is 5.84. The second-order valence-electron chi connectivity index (χ2n) is 7.17. The number of nitrogens with one attached hydrogen (secondary N) is 2. The van der Waals surface area contributed by atoms with Crippen LogP contribution in [0.3, 0.4) is 0 Å². The van der Waals surface area contributed by atoms with Crippen molar-refractivity contribution in [1.29, 1.82) is 0 Å². The Hall–Kier alpha value is -3.63. The van der Waals surface area contributed by atoms with Crippen LogP contribution < -0.4 is 10.6 Å². The van der Waals surface area contributed by atoms with Crippen molar-refractivity contribution in [2.24, 2.45) is 7.05 Å². The number of carbonyl (C=O) groups is 2. The van der Waals surface area contributed by atoms with Gasteiger partial charge in [-0.1, -0.05) is 0 Å². The molecule has 3 heterocycles. The van der Waals surface area contributed by atoms with Gasteiger partial charge in [-0.3, -0.25) is 14.6 Å². The first kappa shape index (κ1) is 21.6.